The predicted molar refractivity (Wildman–Crippen MR) is 82.1 cm³/mol. The average Bonchev–Trinajstić information content (AvgIpc) is 3.05. The third-order valence-corrected chi connectivity index (χ3v) is 4.86. The molecule has 4 nitrogen and oxygen atoms in total. The standard InChI is InChI=1S/C17H24N2O2/c1-11-3-4-14-8-12(2)16(15(14)7-11)18-17(21)19-6-5-13(9-19)10-20/h3-4,7,12-13,16,20H,5-6,8-10H2,1-2H3,(H,18,21)/t12-,13-,16+/m0/s1. The number of likely N-dealkylation sites (tertiary alicyclic amines) is 1. The van der Waals surface area contributed by atoms with Crippen molar-refractivity contribution in [2.24, 2.45) is 11.8 Å². The fraction of sp³-hybridized carbons (Fsp3) is 0.588. The second-order valence-corrected chi connectivity index (χ2v) is 6.59. The highest BCUT2D eigenvalue weighted by molar-refractivity contribution is 5.75. The number of nitrogens with one attached hydrogen (secondary N) is 1. The molecule has 1 aromatic carbocycles. The van der Waals surface area contributed by atoms with E-state index < -0.39 is 0 Å². The van der Waals surface area contributed by atoms with E-state index in [0.29, 0.717) is 12.5 Å². The van der Waals surface area contributed by atoms with Crippen LogP contribution in [0.5, 0.6) is 0 Å². The molecule has 21 heavy (non-hydrogen) atoms. The quantitative estimate of drug-likeness (QED) is 0.877. The SMILES string of the molecule is Cc1ccc2c(c1)[C@H](NC(=O)N1CC[C@H](CO)C1)[C@@H](C)C2. The summed E-state index contributed by atoms with van der Waals surface area (Å²) in [6.45, 7) is 5.88. The van der Waals surface area contributed by atoms with Gasteiger partial charge in [-0.25, -0.2) is 4.79 Å². The van der Waals surface area contributed by atoms with Gasteiger partial charge >= 0.3 is 6.03 Å². The van der Waals surface area contributed by atoms with E-state index in [2.05, 4.69) is 37.4 Å². The lowest BCUT2D eigenvalue weighted by molar-refractivity contribution is 0.192. The Hall–Kier alpha value is -1.55. The van der Waals surface area contributed by atoms with Gasteiger partial charge in [-0.3, -0.25) is 0 Å². The molecule has 1 saturated heterocycles. The van der Waals surface area contributed by atoms with Crippen LogP contribution in [0.25, 0.3) is 0 Å². The smallest absolute Gasteiger partial charge is 0.317 e. The number of benzene rings is 1. The molecule has 0 aromatic heterocycles. The number of aliphatic hydroxyl groups is 1. The number of carbonyl (C=O) groups excluding carboxylic acids is 1. The van der Waals surface area contributed by atoms with Crippen molar-refractivity contribution in [3.63, 3.8) is 0 Å². The highest BCUT2D eigenvalue weighted by atomic mass is 16.3. The van der Waals surface area contributed by atoms with Crippen LogP contribution in [-0.4, -0.2) is 35.7 Å². The monoisotopic (exact) mass is 288 g/mol. The molecule has 3 rings (SSSR count). The van der Waals surface area contributed by atoms with Crippen molar-refractivity contribution >= 4 is 6.03 Å². The Morgan fingerprint density at radius 1 is 1.48 bits per heavy atom. The highest BCUT2D eigenvalue weighted by Gasteiger charge is 2.33. The third-order valence-electron chi connectivity index (χ3n) is 4.86. The molecular formula is C17H24N2O2. The minimum absolute atomic E-state index is 0.0113. The number of carbonyl (C=O) groups is 1. The fourth-order valence-electron chi connectivity index (χ4n) is 3.57. The first-order chi connectivity index (χ1) is 10.1. The van der Waals surface area contributed by atoms with Gasteiger partial charge in [0.2, 0.25) is 0 Å². The van der Waals surface area contributed by atoms with Gasteiger partial charge < -0.3 is 15.3 Å². The maximum atomic E-state index is 12.4. The van der Waals surface area contributed by atoms with E-state index in [9.17, 15) is 9.90 Å². The van der Waals surface area contributed by atoms with Crippen molar-refractivity contribution in [2.75, 3.05) is 19.7 Å². The lowest BCUT2D eigenvalue weighted by Crippen LogP contribution is -2.41. The molecule has 1 heterocycles. The summed E-state index contributed by atoms with van der Waals surface area (Å²) in [5.74, 6) is 0.674. The molecule has 0 spiro atoms. The first-order valence-electron chi connectivity index (χ1n) is 7.84. The van der Waals surface area contributed by atoms with Crippen LogP contribution >= 0.6 is 0 Å². The van der Waals surface area contributed by atoms with Gasteiger partial charge in [-0.2, -0.15) is 0 Å². The zero-order valence-corrected chi connectivity index (χ0v) is 12.8. The molecular weight excluding hydrogens is 264 g/mol. The van der Waals surface area contributed by atoms with Gasteiger partial charge in [-0.05, 0) is 36.8 Å². The Morgan fingerprint density at radius 3 is 3.00 bits per heavy atom. The topological polar surface area (TPSA) is 52.6 Å². The molecule has 2 amide bonds. The highest BCUT2D eigenvalue weighted by Crippen LogP contribution is 2.36. The van der Waals surface area contributed by atoms with Gasteiger partial charge in [0, 0.05) is 25.6 Å². The van der Waals surface area contributed by atoms with E-state index in [1.807, 2.05) is 4.90 Å². The van der Waals surface area contributed by atoms with Crippen LogP contribution in [0.15, 0.2) is 18.2 Å². The average molecular weight is 288 g/mol. The first-order valence-corrected chi connectivity index (χ1v) is 7.84. The van der Waals surface area contributed by atoms with Crippen molar-refractivity contribution in [3.8, 4) is 0 Å². The Balaban J connectivity index is 1.71. The number of rotatable bonds is 2. The number of amides is 2. The van der Waals surface area contributed by atoms with E-state index in [-0.39, 0.29) is 24.6 Å². The van der Waals surface area contributed by atoms with Crippen LogP contribution in [0.3, 0.4) is 0 Å². The minimum atomic E-state index is 0.0113. The van der Waals surface area contributed by atoms with E-state index in [1.165, 1.54) is 16.7 Å². The molecule has 1 aliphatic heterocycles. The summed E-state index contributed by atoms with van der Waals surface area (Å²) < 4.78 is 0. The van der Waals surface area contributed by atoms with Crippen LogP contribution in [0.2, 0.25) is 0 Å². The molecule has 0 radical (unpaired) electrons. The summed E-state index contributed by atoms with van der Waals surface area (Å²) in [5, 5.41) is 12.4. The zero-order chi connectivity index (χ0) is 15.0. The van der Waals surface area contributed by atoms with Crippen LogP contribution < -0.4 is 5.32 Å². The van der Waals surface area contributed by atoms with Gasteiger partial charge in [0.1, 0.15) is 0 Å². The largest absolute Gasteiger partial charge is 0.396 e. The number of aliphatic hydroxyl groups excluding tert-OH is 1. The number of fused-ring (bicyclic) bond motifs is 1. The second-order valence-electron chi connectivity index (χ2n) is 6.59. The Bertz CT molecular complexity index is 544. The summed E-state index contributed by atoms with van der Waals surface area (Å²) in [5.41, 5.74) is 3.87. The molecule has 2 aliphatic rings. The summed E-state index contributed by atoms with van der Waals surface area (Å²) in [4.78, 5) is 14.3. The molecule has 0 unspecified atom stereocenters. The molecule has 1 fully saturated rings. The Morgan fingerprint density at radius 2 is 2.29 bits per heavy atom. The summed E-state index contributed by atoms with van der Waals surface area (Å²) in [6.07, 6.45) is 1.93. The number of nitrogens with zero attached hydrogens (tertiary/aromatic N) is 1. The molecule has 3 atom stereocenters. The number of urea groups is 1. The lowest BCUT2D eigenvalue weighted by Gasteiger charge is -2.24. The summed E-state index contributed by atoms with van der Waals surface area (Å²) in [6, 6.07) is 6.65. The predicted octanol–water partition coefficient (Wildman–Crippen LogP) is 2.25. The third kappa shape index (κ3) is 2.77. The molecule has 1 aliphatic carbocycles. The van der Waals surface area contributed by atoms with Crippen molar-refractivity contribution in [3.05, 3.63) is 34.9 Å². The summed E-state index contributed by atoms with van der Waals surface area (Å²) in [7, 11) is 0. The number of aryl methyl sites for hydroxylation is 1. The van der Waals surface area contributed by atoms with Gasteiger partial charge in [0.25, 0.3) is 0 Å². The molecule has 2 N–H and O–H groups in total. The minimum Gasteiger partial charge on any atom is -0.396 e. The lowest BCUT2D eigenvalue weighted by atomic mass is 10.0. The van der Waals surface area contributed by atoms with Gasteiger partial charge in [0.05, 0.1) is 6.04 Å². The first kappa shape index (κ1) is 14.4. The van der Waals surface area contributed by atoms with Crippen LogP contribution in [0, 0.1) is 18.8 Å². The molecule has 0 bridgehead atoms. The van der Waals surface area contributed by atoms with Crippen LogP contribution in [0.1, 0.15) is 36.1 Å². The number of hydrogen-bond donors (Lipinski definition) is 2. The molecule has 0 saturated carbocycles. The van der Waals surface area contributed by atoms with Crippen molar-refractivity contribution in [1.82, 2.24) is 10.2 Å². The molecule has 4 heteroatoms. The maximum Gasteiger partial charge on any atom is 0.317 e. The van der Waals surface area contributed by atoms with E-state index in [4.69, 9.17) is 0 Å². The van der Waals surface area contributed by atoms with Gasteiger partial charge in [-0.1, -0.05) is 30.7 Å². The molecule has 1 aromatic rings. The van der Waals surface area contributed by atoms with Crippen molar-refractivity contribution in [1.29, 1.82) is 0 Å². The Labute approximate surface area is 126 Å². The maximum absolute atomic E-state index is 12.4. The Kier molecular flexibility index (Phi) is 3.89. The van der Waals surface area contributed by atoms with Crippen LogP contribution in [-0.2, 0) is 6.42 Å². The van der Waals surface area contributed by atoms with E-state index >= 15 is 0 Å². The normalized spacial score (nSPS) is 27.8. The van der Waals surface area contributed by atoms with Crippen molar-refractivity contribution in [2.45, 2.75) is 32.7 Å². The second kappa shape index (κ2) is 5.68. The van der Waals surface area contributed by atoms with E-state index in [1.54, 1.807) is 0 Å². The number of hydrogen-bond acceptors (Lipinski definition) is 2. The van der Waals surface area contributed by atoms with Crippen LogP contribution in [0.4, 0.5) is 4.79 Å². The van der Waals surface area contributed by atoms with Gasteiger partial charge in [0.15, 0.2) is 0 Å². The van der Waals surface area contributed by atoms with Crippen molar-refractivity contribution < 1.29 is 9.90 Å². The fourth-order valence-corrected chi connectivity index (χ4v) is 3.57. The van der Waals surface area contributed by atoms with E-state index in [0.717, 1.165) is 19.4 Å². The molecule has 114 valence electrons. The zero-order valence-electron chi connectivity index (χ0n) is 12.8. The summed E-state index contributed by atoms with van der Waals surface area (Å²) >= 11 is 0. The van der Waals surface area contributed by atoms with Gasteiger partial charge in [-0.15, -0.1) is 0 Å².